The summed E-state index contributed by atoms with van der Waals surface area (Å²) in [5.74, 6) is -0.324. The fourth-order valence-corrected chi connectivity index (χ4v) is 4.04. The number of hydrogen-bond donors (Lipinski definition) is 0. The highest BCUT2D eigenvalue weighted by atomic mass is 16.5. The summed E-state index contributed by atoms with van der Waals surface area (Å²) in [6.45, 7) is 3.70. The van der Waals surface area contributed by atoms with Crippen molar-refractivity contribution in [1.29, 1.82) is 0 Å². The van der Waals surface area contributed by atoms with Gasteiger partial charge in [-0.1, -0.05) is 30.3 Å². The molecule has 0 aromatic heterocycles. The van der Waals surface area contributed by atoms with Crippen molar-refractivity contribution in [3.63, 3.8) is 0 Å². The van der Waals surface area contributed by atoms with Crippen LogP contribution >= 0.6 is 0 Å². The van der Waals surface area contributed by atoms with E-state index >= 15 is 0 Å². The number of carbonyl (C=O) groups is 2. The van der Waals surface area contributed by atoms with Crippen LogP contribution in [0.1, 0.15) is 25.3 Å². The van der Waals surface area contributed by atoms with Crippen molar-refractivity contribution in [3.8, 4) is 0 Å². The van der Waals surface area contributed by atoms with E-state index in [1.807, 2.05) is 18.2 Å². The number of carbonyl (C=O) groups excluding carboxylic acids is 2. The Labute approximate surface area is 130 Å². The van der Waals surface area contributed by atoms with E-state index in [4.69, 9.17) is 4.74 Å². The van der Waals surface area contributed by atoms with Gasteiger partial charge in [-0.3, -0.25) is 9.69 Å². The number of likely N-dealkylation sites (tertiary alicyclic amines) is 1. The lowest BCUT2D eigenvalue weighted by molar-refractivity contribution is -0.166. The summed E-state index contributed by atoms with van der Waals surface area (Å²) in [6, 6.07) is 10.3. The first-order valence-electron chi connectivity index (χ1n) is 7.71. The minimum absolute atomic E-state index is 0.0349. The Morgan fingerprint density at radius 1 is 1.32 bits per heavy atom. The largest absolute Gasteiger partial charge is 0.467 e. The molecule has 2 heterocycles. The molecule has 2 atom stereocenters. The summed E-state index contributed by atoms with van der Waals surface area (Å²) in [5, 5.41) is 0. The highest BCUT2D eigenvalue weighted by molar-refractivity contribution is 5.89. The molecule has 1 aromatic rings. The van der Waals surface area contributed by atoms with Gasteiger partial charge in [0, 0.05) is 32.6 Å². The number of fused-ring (bicyclic) bond motifs is 2. The lowest BCUT2D eigenvalue weighted by Crippen LogP contribution is -2.66. The lowest BCUT2D eigenvalue weighted by Gasteiger charge is -2.46. The van der Waals surface area contributed by atoms with Crippen LogP contribution in [-0.2, 0) is 20.9 Å². The van der Waals surface area contributed by atoms with Gasteiger partial charge in [0.1, 0.15) is 0 Å². The molecule has 5 heteroatoms. The van der Waals surface area contributed by atoms with Gasteiger partial charge in [-0.2, -0.15) is 0 Å². The van der Waals surface area contributed by atoms with E-state index in [9.17, 15) is 9.59 Å². The van der Waals surface area contributed by atoms with Crippen LogP contribution in [0, 0.1) is 0 Å². The van der Waals surface area contributed by atoms with Crippen LogP contribution in [0.5, 0.6) is 0 Å². The summed E-state index contributed by atoms with van der Waals surface area (Å²) < 4.78 is 5.03. The smallest absolute Gasteiger partial charge is 0.333 e. The molecule has 0 saturated carbocycles. The second-order valence-electron chi connectivity index (χ2n) is 6.26. The molecule has 0 N–H and O–H groups in total. The first kappa shape index (κ1) is 15.0. The highest BCUT2D eigenvalue weighted by Gasteiger charge is 2.57. The Kier molecular flexibility index (Phi) is 3.91. The maximum atomic E-state index is 12.4. The zero-order valence-corrected chi connectivity index (χ0v) is 13.1. The molecular weight excluding hydrogens is 280 g/mol. The van der Waals surface area contributed by atoms with Gasteiger partial charge >= 0.3 is 5.97 Å². The van der Waals surface area contributed by atoms with Crippen LogP contribution < -0.4 is 0 Å². The summed E-state index contributed by atoms with van der Waals surface area (Å²) in [5.41, 5.74) is 0.413. The van der Waals surface area contributed by atoms with Crippen molar-refractivity contribution in [2.45, 2.75) is 37.9 Å². The van der Waals surface area contributed by atoms with Gasteiger partial charge < -0.3 is 9.64 Å². The van der Waals surface area contributed by atoms with Gasteiger partial charge in [-0.15, -0.1) is 0 Å². The third kappa shape index (κ3) is 2.39. The number of benzene rings is 1. The van der Waals surface area contributed by atoms with Gasteiger partial charge in [0.05, 0.1) is 7.11 Å². The first-order valence-corrected chi connectivity index (χ1v) is 7.71. The number of rotatable bonds is 3. The number of piperazine rings is 1. The third-order valence-electron chi connectivity index (χ3n) is 4.83. The van der Waals surface area contributed by atoms with E-state index in [1.54, 1.807) is 11.8 Å². The second kappa shape index (κ2) is 5.72. The van der Waals surface area contributed by atoms with Crippen LogP contribution in [0.25, 0.3) is 0 Å². The van der Waals surface area contributed by atoms with Crippen molar-refractivity contribution >= 4 is 11.9 Å². The molecule has 1 aromatic carbocycles. The number of nitrogens with zero attached hydrogens (tertiary/aromatic N) is 2. The van der Waals surface area contributed by atoms with Crippen molar-refractivity contribution < 1.29 is 14.3 Å². The second-order valence-corrected chi connectivity index (χ2v) is 6.26. The normalized spacial score (nSPS) is 27.7. The van der Waals surface area contributed by atoms with E-state index in [1.165, 1.54) is 12.7 Å². The molecule has 0 spiro atoms. The SMILES string of the molecule is COC(=O)C12CCC(CN(Cc3ccccc3)C1)N2C(C)=O. The fourth-order valence-electron chi connectivity index (χ4n) is 4.04. The van der Waals surface area contributed by atoms with Crippen molar-refractivity contribution in [1.82, 2.24) is 9.80 Å². The molecule has 2 aliphatic heterocycles. The highest BCUT2D eigenvalue weighted by Crippen LogP contribution is 2.40. The van der Waals surface area contributed by atoms with Crippen LogP contribution in [0.4, 0.5) is 0 Å². The Balaban J connectivity index is 1.85. The predicted molar refractivity (Wildman–Crippen MR) is 82.0 cm³/mol. The van der Waals surface area contributed by atoms with Crippen LogP contribution in [0.3, 0.4) is 0 Å². The lowest BCUT2D eigenvalue weighted by atomic mass is 9.94. The van der Waals surface area contributed by atoms with Gasteiger partial charge in [0.2, 0.25) is 5.91 Å². The standard InChI is InChI=1S/C17H22N2O3/c1-13(20)19-15-8-9-17(19,16(21)22-2)12-18(11-15)10-14-6-4-3-5-7-14/h3-7,15H,8-12H2,1-2H3. The minimum Gasteiger partial charge on any atom is -0.467 e. The summed E-state index contributed by atoms with van der Waals surface area (Å²) in [7, 11) is 1.40. The summed E-state index contributed by atoms with van der Waals surface area (Å²) >= 11 is 0. The maximum absolute atomic E-state index is 12.4. The molecule has 2 unspecified atom stereocenters. The number of esters is 1. The zero-order chi connectivity index (χ0) is 15.7. The van der Waals surface area contributed by atoms with Gasteiger partial charge in [-0.05, 0) is 18.4 Å². The monoisotopic (exact) mass is 302 g/mol. The van der Waals surface area contributed by atoms with E-state index in [0.717, 1.165) is 19.5 Å². The minimum atomic E-state index is -0.807. The zero-order valence-electron chi connectivity index (χ0n) is 13.1. The average Bonchev–Trinajstić information content (AvgIpc) is 2.77. The Hall–Kier alpha value is -1.88. The maximum Gasteiger partial charge on any atom is 0.333 e. The molecule has 0 radical (unpaired) electrons. The predicted octanol–water partition coefficient (Wildman–Crippen LogP) is 1.42. The summed E-state index contributed by atoms with van der Waals surface area (Å²) in [4.78, 5) is 28.5. The number of ether oxygens (including phenoxy) is 1. The Bertz CT molecular complexity index is 575. The molecule has 2 bridgehead atoms. The fraction of sp³-hybridized carbons (Fsp3) is 0.529. The first-order chi connectivity index (χ1) is 10.6. The topological polar surface area (TPSA) is 49.9 Å². The number of methoxy groups -OCH3 is 1. The van der Waals surface area contributed by atoms with Crippen molar-refractivity contribution in [2.75, 3.05) is 20.2 Å². The van der Waals surface area contributed by atoms with E-state index in [0.29, 0.717) is 13.0 Å². The molecule has 0 aliphatic carbocycles. The molecule has 2 aliphatic rings. The van der Waals surface area contributed by atoms with Crippen molar-refractivity contribution in [3.05, 3.63) is 35.9 Å². The molecule has 22 heavy (non-hydrogen) atoms. The third-order valence-corrected chi connectivity index (χ3v) is 4.83. The molecule has 3 rings (SSSR count). The Morgan fingerprint density at radius 2 is 2.05 bits per heavy atom. The van der Waals surface area contributed by atoms with E-state index in [-0.39, 0.29) is 17.9 Å². The van der Waals surface area contributed by atoms with Crippen molar-refractivity contribution in [2.24, 2.45) is 0 Å². The molecule has 5 nitrogen and oxygen atoms in total. The Morgan fingerprint density at radius 3 is 2.68 bits per heavy atom. The van der Waals surface area contributed by atoms with Crippen LogP contribution in [0.2, 0.25) is 0 Å². The summed E-state index contributed by atoms with van der Waals surface area (Å²) in [6.07, 6.45) is 1.55. The van der Waals surface area contributed by atoms with Gasteiger partial charge in [0.15, 0.2) is 5.54 Å². The molecule has 118 valence electrons. The molecule has 1 amide bonds. The van der Waals surface area contributed by atoms with Gasteiger partial charge in [0.25, 0.3) is 0 Å². The van der Waals surface area contributed by atoms with Crippen LogP contribution in [-0.4, -0.2) is 53.5 Å². The number of hydrogen-bond acceptors (Lipinski definition) is 4. The van der Waals surface area contributed by atoms with Gasteiger partial charge in [-0.25, -0.2) is 4.79 Å². The number of amides is 1. The quantitative estimate of drug-likeness (QED) is 0.793. The van der Waals surface area contributed by atoms with Crippen LogP contribution in [0.15, 0.2) is 30.3 Å². The molecular formula is C17H22N2O3. The van der Waals surface area contributed by atoms with E-state index < -0.39 is 5.54 Å². The molecule has 2 saturated heterocycles. The van der Waals surface area contributed by atoms with E-state index in [2.05, 4.69) is 17.0 Å². The average molecular weight is 302 g/mol. The molecule has 2 fully saturated rings.